The van der Waals surface area contributed by atoms with Crippen molar-refractivity contribution >= 4 is 0 Å². The van der Waals surface area contributed by atoms with Crippen molar-refractivity contribution in [3.8, 4) is 0 Å². The summed E-state index contributed by atoms with van der Waals surface area (Å²) in [5, 5.41) is 0. The molecule has 0 aromatic carbocycles. The van der Waals surface area contributed by atoms with Crippen molar-refractivity contribution in [3.05, 3.63) is 24.3 Å². The van der Waals surface area contributed by atoms with Crippen LogP contribution in [0.2, 0.25) is 0 Å². The molecule has 0 saturated carbocycles. The molecule has 0 aliphatic heterocycles. The first-order valence-corrected chi connectivity index (χ1v) is 10.4. The van der Waals surface area contributed by atoms with Gasteiger partial charge in [0.1, 0.15) is 6.79 Å². The summed E-state index contributed by atoms with van der Waals surface area (Å²) in [5.41, 5.74) is 0. The van der Waals surface area contributed by atoms with Gasteiger partial charge in [0.25, 0.3) is 0 Å². The van der Waals surface area contributed by atoms with E-state index in [9.17, 15) is 0 Å². The highest BCUT2D eigenvalue weighted by atomic mass is 16.7. The molecular weight excluding hydrogens is 296 g/mol. The Morgan fingerprint density at radius 2 is 1.00 bits per heavy atom. The van der Waals surface area contributed by atoms with Gasteiger partial charge in [-0.15, -0.1) is 0 Å². The smallest absolute Gasteiger partial charge is 0.146 e. The molecular formula is C22H42O2. The van der Waals surface area contributed by atoms with Gasteiger partial charge in [-0.1, -0.05) is 76.7 Å². The highest BCUT2D eigenvalue weighted by Crippen LogP contribution is 2.09. The van der Waals surface area contributed by atoms with E-state index in [1.807, 2.05) is 0 Å². The minimum Gasteiger partial charge on any atom is -0.355 e. The molecule has 24 heavy (non-hydrogen) atoms. The van der Waals surface area contributed by atoms with Crippen LogP contribution >= 0.6 is 0 Å². The van der Waals surface area contributed by atoms with E-state index in [0.29, 0.717) is 6.79 Å². The van der Waals surface area contributed by atoms with Gasteiger partial charge < -0.3 is 9.47 Å². The van der Waals surface area contributed by atoms with Gasteiger partial charge in [-0.25, -0.2) is 0 Å². The van der Waals surface area contributed by atoms with Gasteiger partial charge in [0, 0.05) is 6.61 Å². The topological polar surface area (TPSA) is 18.5 Å². The van der Waals surface area contributed by atoms with Gasteiger partial charge >= 0.3 is 0 Å². The van der Waals surface area contributed by atoms with Crippen LogP contribution in [-0.4, -0.2) is 20.0 Å². The summed E-state index contributed by atoms with van der Waals surface area (Å²) in [5.74, 6) is 0. The number of ether oxygens (including phenoxy) is 2. The summed E-state index contributed by atoms with van der Waals surface area (Å²) in [4.78, 5) is 0. The SMILES string of the molecule is CCCC/C=C\CCCCCCCC/C=C/CCOCOCCC. The lowest BCUT2D eigenvalue weighted by molar-refractivity contribution is -0.0519. The Morgan fingerprint density at radius 3 is 1.58 bits per heavy atom. The van der Waals surface area contributed by atoms with Crippen molar-refractivity contribution in [3.63, 3.8) is 0 Å². The van der Waals surface area contributed by atoms with Gasteiger partial charge in [-0.2, -0.15) is 0 Å². The fourth-order valence-electron chi connectivity index (χ4n) is 2.50. The molecule has 0 fully saturated rings. The Morgan fingerprint density at radius 1 is 0.500 bits per heavy atom. The number of rotatable bonds is 19. The number of hydrogen-bond donors (Lipinski definition) is 0. The molecule has 2 heteroatoms. The van der Waals surface area contributed by atoms with E-state index >= 15 is 0 Å². The van der Waals surface area contributed by atoms with Gasteiger partial charge in [0.05, 0.1) is 6.61 Å². The second kappa shape index (κ2) is 22.4. The molecule has 0 saturated heterocycles. The Labute approximate surface area is 151 Å². The average Bonchev–Trinajstić information content (AvgIpc) is 2.60. The van der Waals surface area contributed by atoms with Crippen LogP contribution in [0.1, 0.15) is 97.3 Å². The Hall–Kier alpha value is -0.600. The molecule has 0 N–H and O–H groups in total. The molecule has 142 valence electrons. The lowest BCUT2D eigenvalue weighted by atomic mass is 10.1. The second-order valence-corrected chi connectivity index (χ2v) is 6.51. The lowest BCUT2D eigenvalue weighted by Crippen LogP contribution is -2.01. The standard InChI is InChI=1S/C22H42O2/c1-3-5-6-7-8-9-10-11-12-13-14-15-16-17-18-19-21-24-22-23-20-4-2/h7-8,17-18H,3-6,9-16,19-22H2,1-2H3/b8-7-,18-17+. The van der Waals surface area contributed by atoms with Crippen molar-refractivity contribution in [1.29, 1.82) is 0 Å². The van der Waals surface area contributed by atoms with E-state index in [4.69, 9.17) is 9.47 Å². The molecule has 0 aliphatic rings. The molecule has 0 radical (unpaired) electrons. The molecule has 0 aliphatic carbocycles. The van der Waals surface area contributed by atoms with Gasteiger partial charge in [0.15, 0.2) is 0 Å². The molecule has 0 amide bonds. The molecule has 0 spiro atoms. The third-order valence-electron chi connectivity index (χ3n) is 3.99. The van der Waals surface area contributed by atoms with Crippen molar-refractivity contribution < 1.29 is 9.47 Å². The Kier molecular flexibility index (Phi) is 21.8. The molecule has 0 aromatic heterocycles. The summed E-state index contributed by atoms with van der Waals surface area (Å²) in [6.45, 7) is 6.37. The summed E-state index contributed by atoms with van der Waals surface area (Å²) in [7, 11) is 0. The van der Waals surface area contributed by atoms with E-state index in [-0.39, 0.29) is 0 Å². The largest absolute Gasteiger partial charge is 0.355 e. The lowest BCUT2D eigenvalue weighted by Gasteiger charge is -2.02. The van der Waals surface area contributed by atoms with Gasteiger partial charge in [-0.3, -0.25) is 0 Å². The Balaban J connectivity index is 3.09. The fraction of sp³-hybridized carbons (Fsp3) is 0.818. The van der Waals surface area contributed by atoms with Crippen LogP contribution in [0.5, 0.6) is 0 Å². The van der Waals surface area contributed by atoms with Crippen LogP contribution in [0.15, 0.2) is 24.3 Å². The predicted molar refractivity (Wildman–Crippen MR) is 106 cm³/mol. The van der Waals surface area contributed by atoms with Crippen LogP contribution in [0.25, 0.3) is 0 Å². The second-order valence-electron chi connectivity index (χ2n) is 6.51. The minimum atomic E-state index is 0.441. The third kappa shape index (κ3) is 21.4. The molecule has 0 rings (SSSR count). The third-order valence-corrected chi connectivity index (χ3v) is 3.99. The maximum Gasteiger partial charge on any atom is 0.146 e. The zero-order valence-electron chi connectivity index (χ0n) is 16.4. The van der Waals surface area contributed by atoms with Crippen molar-refractivity contribution in [2.75, 3.05) is 20.0 Å². The van der Waals surface area contributed by atoms with Crippen LogP contribution in [0.3, 0.4) is 0 Å². The maximum absolute atomic E-state index is 5.38. The van der Waals surface area contributed by atoms with Crippen molar-refractivity contribution in [2.45, 2.75) is 97.3 Å². The van der Waals surface area contributed by atoms with E-state index in [1.165, 1.54) is 70.6 Å². The normalized spacial score (nSPS) is 11.9. The van der Waals surface area contributed by atoms with E-state index in [0.717, 1.165) is 26.1 Å². The van der Waals surface area contributed by atoms with E-state index in [2.05, 4.69) is 38.2 Å². The number of hydrogen-bond acceptors (Lipinski definition) is 2. The molecule has 0 bridgehead atoms. The van der Waals surface area contributed by atoms with Crippen LogP contribution in [-0.2, 0) is 9.47 Å². The number of allylic oxidation sites excluding steroid dienone is 3. The molecule has 0 unspecified atom stereocenters. The first-order chi connectivity index (χ1) is 11.9. The first-order valence-electron chi connectivity index (χ1n) is 10.4. The Bertz CT molecular complexity index is 271. The summed E-state index contributed by atoms with van der Waals surface area (Å²) in [6, 6.07) is 0. The quantitative estimate of drug-likeness (QED) is 0.141. The molecule has 0 aromatic rings. The van der Waals surface area contributed by atoms with Gasteiger partial charge in [0.2, 0.25) is 0 Å². The fourth-order valence-corrected chi connectivity index (χ4v) is 2.50. The zero-order valence-corrected chi connectivity index (χ0v) is 16.4. The molecule has 0 heterocycles. The summed E-state index contributed by atoms with van der Waals surface area (Å²) >= 11 is 0. The maximum atomic E-state index is 5.38. The zero-order chi connectivity index (χ0) is 17.6. The molecule has 0 atom stereocenters. The van der Waals surface area contributed by atoms with E-state index < -0.39 is 0 Å². The molecule has 2 nitrogen and oxygen atoms in total. The monoisotopic (exact) mass is 338 g/mol. The van der Waals surface area contributed by atoms with E-state index in [1.54, 1.807) is 0 Å². The van der Waals surface area contributed by atoms with Crippen LogP contribution in [0, 0.1) is 0 Å². The van der Waals surface area contributed by atoms with Crippen LogP contribution < -0.4 is 0 Å². The first kappa shape index (κ1) is 23.4. The highest BCUT2D eigenvalue weighted by Gasteiger charge is 1.90. The summed E-state index contributed by atoms with van der Waals surface area (Å²) < 4.78 is 10.6. The average molecular weight is 339 g/mol. The van der Waals surface area contributed by atoms with Crippen molar-refractivity contribution in [2.24, 2.45) is 0 Å². The minimum absolute atomic E-state index is 0.441. The van der Waals surface area contributed by atoms with Crippen molar-refractivity contribution in [1.82, 2.24) is 0 Å². The highest BCUT2D eigenvalue weighted by molar-refractivity contribution is 4.82. The number of unbranched alkanes of at least 4 members (excludes halogenated alkanes) is 9. The summed E-state index contributed by atoms with van der Waals surface area (Å²) in [6.07, 6.45) is 26.0. The predicted octanol–water partition coefficient (Wildman–Crippen LogP) is 7.20. The van der Waals surface area contributed by atoms with Gasteiger partial charge in [-0.05, 0) is 44.9 Å². The van der Waals surface area contributed by atoms with Crippen LogP contribution in [0.4, 0.5) is 0 Å².